The van der Waals surface area contributed by atoms with Crippen LogP contribution in [0.2, 0.25) is 0 Å². The van der Waals surface area contributed by atoms with Crippen molar-refractivity contribution >= 4 is 15.7 Å². The Bertz CT molecular complexity index is 776. The predicted molar refractivity (Wildman–Crippen MR) is 73.0 cm³/mol. The lowest BCUT2D eigenvalue weighted by molar-refractivity contribution is -0.139. The number of benzene rings is 1. The number of ether oxygens (including phenoxy) is 1. The van der Waals surface area contributed by atoms with E-state index < -0.39 is 26.7 Å². The second-order valence-corrected chi connectivity index (χ2v) is 5.81. The molecule has 0 spiro atoms. The van der Waals surface area contributed by atoms with E-state index in [9.17, 15) is 21.6 Å². The second-order valence-electron chi connectivity index (χ2n) is 4.16. The fourth-order valence-corrected chi connectivity index (χ4v) is 3.05. The first kappa shape index (κ1) is 16.1. The number of nitrogens with one attached hydrogen (secondary N) is 1. The number of halogens is 3. The van der Waals surface area contributed by atoms with E-state index in [0.29, 0.717) is 6.07 Å². The Balaban J connectivity index is 2.49. The van der Waals surface area contributed by atoms with E-state index in [0.717, 1.165) is 12.1 Å². The second kappa shape index (κ2) is 5.84. The van der Waals surface area contributed by atoms with E-state index in [1.165, 1.54) is 31.5 Å². The van der Waals surface area contributed by atoms with E-state index in [1.54, 1.807) is 0 Å². The third-order valence-corrected chi connectivity index (χ3v) is 4.11. The highest BCUT2D eigenvalue weighted by Gasteiger charge is 2.37. The lowest BCUT2D eigenvalue weighted by atomic mass is 10.2. The predicted octanol–water partition coefficient (Wildman–Crippen LogP) is 2.91. The molecule has 0 fully saturated rings. The number of pyridine rings is 1. The van der Waals surface area contributed by atoms with Crippen LogP contribution in [0.1, 0.15) is 5.56 Å². The number of hydrogen-bond donors (Lipinski definition) is 1. The molecule has 0 aliphatic rings. The molecular formula is C13H11F3N2O3S. The maximum Gasteiger partial charge on any atom is 0.417 e. The Hall–Kier alpha value is -2.29. The Kier molecular flexibility index (Phi) is 4.27. The summed E-state index contributed by atoms with van der Waals surface area (Å²) in [5.41, 5.74) is -1.30. The smallest absolute Gasteiger partial charge is 0.417 e. The maximum absolute atomic E-state index is 12.9. The van der Waals surface area contributed by atoms with Gasteiger partial charge in [-0.2, -0.15) is 13.2 Å². The Morgan fingerprint density at radius 2 is 1.82 bits per heavy atom. The summed E-state index contributed by atoms with van der Waals surface area (Å²) in [5, 5.41) is 0. The molecule has 0 bridgehead atoms. The van der Waals surface area contributed by atoms with Crippen molar-refractivity contribution in [2.45, 2.75) is 11.1 Å². The summed E-state index contributed by atoms with van der Waals surface area (Å²) >= 11 is 0. The van der Waals surface area contributed by atoms with Gasteiger partial charge < -0.3 is 4.74 Å². The van der Waals surface area contributed by atoms with Crippen molar-refractivity contribution in [3.63, 3.8) is 0 Å². The summed E-state index contributed by atoms with van der Waals surface area (Å²) in [6.07, 6.45) is -3.43. The summed E-state index contributed by atoms with van der Waals surface area (Å²) in [6, 6.07) is 6.68. The van der Waals surface area contributed by atoms with Gasteiger partial charge in [0.25, 0.3) is 10.0 Å². The molecule has 5 nitrogen and oxygen atoms in total. The van der Waals surface area contributed by atoms with Crippen molar-refractivity contribution in [1.29, 1.82) is 0 Å². The van der Waals surface area contributed by atoms with Gasteiger partial charge in [-0.25, -0.2) is 13.4 Å². The highest BCUT2D eigenvalue weighted by atomic mass is 32.2. The van der Waals surface area contributed by atoms with Crippen molar-refractivity contribution < 1.29 is 26.3 Å². The number of rotatable bonds is 4. The Morgan fingerprint density at radius 1 is 1.14 bits per heavy atom. The number of alkyl halides is 3. The molecule has 9 heteroatoms. The lowest BCUT2D eigenvalue weighted by Gasteiger charge is -2.15. The first-order chi connectivity index (χ1) is 10.3. The van der Waals surface area contributed by atoms with Crippen LogP contribution in [0, 0.1) is 0 Å². The molecule has 0 saturated heterocycles. The van der Waals surface area contributed by atoms with Crippen molar-refractivity contribution in [2.75, 3.05) is 11.8 Å². The van der Waals surface area contributed by atoms with Gasteiger partial charge >= 0.3 is 6.18 Å². The van der Waals surface area contributed by atoms with Gasteiger partial charge in [0.2, 0.25) is 5.88 Å². The van der Waals surface area contributed by atoms with E-state index in [-0.39, 0.29) is 11.6 Å². The fourth-order valence-electron chi connectivity index (χ4n) is 1.77. The zero-order valence-corrected chi connectivity index (χ0v) is 12.1. The fraction of sp³-hybridized carbons (Fsp3) is 0.154. The van der Waals surface area contributed by atoms with Gasteiger partial charge in [0.1, 0.15) is 5.69 Å². The minimum Gasteiger partial charge on any atom is -0.480 e. The van der Waals surface area contributed by atoms with Crippen molar-refractivity contribution in [3.05, 3.63) is 48.2 Å². The van der Waals surface area contributed by atoms with Crippen LogP contribution in [0.15, 0.2) is 47.5 Å². The molecule has 0 amide bonds. The van der Waals surface area contributed by atoms with E-state index in [2.05, 4.69) is 9.71 Å². The number of aromatic nitrogens is 1. The highest BCUT2D eigenvalue weighted by molar-refractivity contribution is 7.92. The summed E-state index contributed by atoms with van der Waals surface area (Å²) in [4.78, 5) is 2.91. The average Bonchev–Trinajstić information content (AvgIpc) is 2.46. The average molecular weight is 332 g/mol. The number of anilines is 1. The number of nitrogens with zero attached hydrogens (tertiary/aromatic N) is 1. The highest BCUT2D eigenvalue weighted by Crippen LogP contribution is 2.35. The SMILES string of the molecule is COc1ncccc1NS(=O)(=O)c1ccccc1C(F)(F)F. The molecule has 1 aromatic heterocycles. The number of hydrogen-bond acceptors (Lipinski definition) is 4. The van der Waals surface area contributed by atoms with E-state index in [4.69, 9.17) is 4.74 Å². The molecule has 0 unspecified atom stereocenters. The van der Waals surface area contributed by atoms with Crippen LogP contribution in [0.5, 0.6) is 5.88 Å². The number of methoxy groups -OCH3 is 1. The monoisotopic (exact) mass is 332 g/mol. The first-order valence-electron chi connectivity index (χ1n) is 5.94. The van der Waals surface area contributed by atoms with Gasteiger partial charge in [0.05, 0.1) is 17.6 Å². The van der Waals surface area contributed by atoms with Crippen LogP contribution in [-0.2, 0) is 16.2 Å². The molecule has 2 aromatic rings. The molecular weight excluding hydrogens is 321 g/mol. The Morgan fingerprint density at radius 3 is 2.45 bits per heavy atom. The lowest BCUT2D eigenvalue weighted by Crippen LogP contribution is -2.19. The van der Waals surface area contributed by atoms with Crippen LogP contribution in [-0.4, -0.2) is 20.5 Å². The molecule has 0 saturated carbocycles. The molecule has 1 N–H and O–H groups in total. The van der Waals surface area contributed by atoms with Gasteiger partial charge in [0.15, 0.2) is 0 Å². The summed E-state index contributed by atoms with van der Waals surface area (Å²) in [5.74, 6) is -0.0458. The zero-order chi connectivity index (χ0) is 16.4. The van der Waals surface area contributed by atoms with E-state index in [1.807, 2.05) is 0 Å². The zero-order valence-electron chi connectivity index (χ0n) is 11.3. The largest absolute Gasteiger partial charge is 0.480 e. The van der Waals surface area contributed by atoms with Crippen LogP contribution < -0.4 is 9.46 Å². The molecule has 0 aliphatic heterocycles. The van der Waals surface area contributed by atoms with Gasteiger partial charge in [-0.15, -0.1) is 0 Å². The van der Waals surface area contributed by atoms with Crippen LogP contribution in [0.25, 0.3) is 0 Å². The van der Waals surface area contributed by atoms with Gasteiger partial charge in [-0.1, -0.05) is 12.1 Å². The van der Waals surface area contributed by atoms with Crippen molar-refractivity contribution in [2.24, 2.45) is 0 Å². The molecule has 1 aromatic carbocycles. The minimum atomic E-state index is -4.79. The molecule has 1 heterocycles. The van der Waals surface area contributed by atoms with Gasteiger partial charge in [-0.3, -0.25) is 4.72 Å². The van der Waals surface area contributed by atoms with Crippen LogP contribution in [0.3, 0.4) is 0 Å². The quantitative estimate of drug-likeness (QED) is 0.935. The maximum atomic E-state index is 12.9. The summed E-state index contributed by atoms with van der Waals surface area (Å²) in [7, 11) is -3.18. The molecule has 0 atom stereocenters. The third-order valence-electron chi connectivity index (χ3n) is 2.69. The summed E-state index contributed by atoms with van der Waals surface area (Å²) < 4.78 is 70.2. The van der Waals surface area contributed by atoms with Crippen molar-refractivity contribution in [3.8, 4) is 5.88 Å². The molecule has 118 valence electrons. The van der Waals surface area contributed by atoms with E-state index >= 15 is 0 Å². The normalized spacial score (nSPS) is 12.0. The topological polar surface area (TPSA) is 68.3 Å². The first-order valence-corrected chi connectivity index (χ1v) is 7.42. The molecule has 22 heavy (non-hydrogen) atoms. The van der Waals surface area contributed by atoms with Crippen LogP contribution in [0.4, 0.5) is 18.9 Å². The molecule has 0 radical (unpaired) electrons. The Labute approximate surface area is 124 Å². The van der Waals surface area contributed by atoms with Crippen molar-refractivity contribution in [1.82, 2.24) is 4.98 Å². The minimum absolute atomic E-state index is 0.0458. The third kappa shape index (κ3) is 3.30. The molecule has 2 rings (SSSR count). The number of sulfonamides is 1. The van der Waals surface area contributed by atoms with Gasteiger partial charge in [0, 0.05) is 6.20 Å². The van der Waals surface area contributed by atoms with Gasteiger partial charge in [-0.05, 0) is 24.3 Å². The standard InChI is InChI=1S/C13H11F3N2O3S/c1-21-12-10(6-4-8-17-12)18-22(19,20)11-7-3-2-5-9(11)13(14,15)16/h2-8,18H,1H3. The summed E-state index contributed by atoms with van der Waals surface area (Å²) in [6.45, 7) is 0. The molecule has 0 aliphatic carbocycles. The van der Waals surface area contributed by atoms with Crippen LogP contribution >= 0.6 is 0 Å².